The van der Waals surface area contributed by atoms with Crippen molar-refractivity contribution in [2.24, 2.45) is 13.0 Å². The minimum Gasteiger partial charge on any atom is -0.376 e. The first-order valence-corrected chi connectivity index (χ1v) is 12.2. The number of rotatable bonds is 10. The molecule has 29 heavy (non-hydrogen) atoms. The molecule has 160 valence electrons. The Kier molecular flexibility index (Phi) is 6.08. The van der Waals surface area contributed by atoms with Crippen molar-refractivity contribution in [1.82, 2.24) is 24.2 Å². The number of nitrogens with zero attached hydrogens (tertiary/aromatic N) is 5. The highest BCUT2D eigenvalue weighted by atomic mass is 32.2. The van der Waals surface area contributed by atoms with E-state index in [4.69, 9.17) is 4.74 Å². The molecule has 2 aliphatic rings. The summed E-state index contributed by atoms with van der Waals surface area (Å²) in [7, 11) is -1.47. The van der Waals surface area contributed by atoms with E-state index in [0.29, 0.717) is 19.0 Å². The molecule has 8 nitrogen and oxygen atoms in total. The molecule has 9 heteroatoms. The van der Waals surface area contributed by atoms with Crippen molar-refractivity contribution in [3.05, 3.63) is 29.8 Å². The molecule has 3 heterocycles. The van der Waals surface area contributed by atoms with Gasteiger partial charge >= 0.3 is 0 Å². The number of aryl methyl sites for hydroxylation is 1. The van der Waals surface area contributed by atoms with Crippen molar-refractivity contribution >= 4 is 9.84 Å². The lowest BCUT2D eigenvalue weighted by atomic mass is 10.2. The first kappa shape index (κ1) is 20.6. The van der Waals surface area contributed by atoms with Gasteiger partial charge in [0.15, 0.2) is 0 Å². The van der Waals surface area contributed by atoms with Gasteiger partial charge in [0.25, 0.3) is 0 Å². The third kappa shape index (κ3) is 5.07. The van der Waals surface area contributed by atoms with Crippen molar-refractivity contribution in [3.63, 3.8) is 0 Å². The van der Waals surface area contributed by atoms with Gasteiger partial charge in [-0.05, 0) is 38.1 Å². The Balaban J connectivity index is 1.57. The Morgan fingerprint density at radius 3 is 2.69 bits per heavy atom. The van der Waals surface area contributed by atoms with E-state index in [1.807, 2.05) is 24.0 Å². The summed E-state index contributed by atoms with van der Waals surface area (Å²) < 4.78 is 35.5. The zero-order valence-electron chi connectivity index (χ0n) is 17.3. The fourth-order valence-electron chi connectivity index (χ4n) is 3.94. The van der Waals surface area contributed by atoms with Crippen LogP contribution in [0.1, 0.15) is 43.9 Å². The van der Waals surface area contributed by atoms with Gasteiger partial charge in [-0.1, -0.05) is 6.92 Å². The van der Waals surface area contributed by atoms with Crippen LogP contribution in [0.5, 0.6) is 0 Å². The maximum Gasteiger partial charge on any atom is 0.227 e. The predicted octanol–water partition coefficient (Wildman–Crippen LogP) is 2.00. The second kappa shape index (κ2) is 8.57. The molecule has 1 atom stereocenters. The van der Waals surface area contributed by atoms with Gasteiger partial charge in [0.05, 0.1) is 36.5 Å². The summed E-state index contributed by atoms with van der Waals surface area (Å²) in [6.07, 6.45) is 9.69. The van der Waals surface area contributed by atoms with Crippen LogP contribution in [0.2, 0.25) is 0 Å². The summed E-state index contributed by atoms with van der Waals surface area (Å²) in [6, 6.07) is 0. The molecule has 0 amide bonds. The van der Waals surface area contributed by atoms with Crippen LogP contribution in [0.4, 0.5) is 0 Å². The minimum atomic E-state index is -3.38. The van der Waals surface area contributed by atoms with Crippen molar-refractivity contribution in [3.8, 4) is 0 Å². The lowest BCUT2D eigenvalue weighted by Crippen LogP contribution is -2.27. The Labute approximate surface area is 172 Å². The van der Waals surface area contributed by atoms with E-state index in [2.05, 4.69) is 21.9 Å². The lowest BCUT2D eigenvalue weighted by molar-refractivity contribution is 0.0932. The molecular formula is C20H31N5O3S. The molecule has 0 spiro atoms. The number of ether oxygens (including phenoxy) is 1. The highest BCUT2D eigenvalue weighted by Gasteiger charge is 2.33. The average molecular weight is 422 g/mol. The van der Waals surface area contributed by atoms with Gasteiger partial charge in [-0.15, -0.1) is 0 Å². The van der Waals surface area contributed by atoms with E-state index in [0.717, 1.165) is 56.6 Å². The molecular weight excluding hydrogens is 390 g/mol. The fraction of sp³-hybridized carbons (Fsp3) is 0.700. The van der Waals surface area contributed by atoms with Crippen LogP contribution < -0.4 is 0 Å². The Hall–Kier alpha value is -1.71. The molecule has 4 rings (SSSR count). The maximum atomic E-state index is 13.0. The molecule has 2 fully saturated rings. The quantitative estimate of drug-likeness (QED) is 0.584. The molecule has 2 aromatic heterocycles. The van der Waals surface area contributed by atoms with Crippen molar-refractivity contribution in [1.29, 1.82) is 0 Å². The zero-order valence-corrected chi connectivity index (χ0v) is 18.1. The number of hydrogen-bond donors (Lipinski definition) is 0. The average Bonchev–Trinajstić information content (AvgIpc) is 3.06. The predicted molar refractivity (Wildman–Crippen MR) is 109 cm³/mol. The van der Waals surface area contributed by atoms with Gasteiger partial charge in [-0.3, -0.25) is 9.58 Å². The first-order chi connectivity index (χ1) is 13.9. The van der Waals surface area contributed by atoms with Gasteiger partial charge < -0.3 is 9.30 Å². The second-order valence-electron chi connectivity index (χ2n) is 8.33. The van der Waals surface area contributed by atoms with Gasteiger partial charge in [0.1, 0.15) is 0 Å². The van der Waals surface area contributed by atoms with Gasteiger partial charge in [0, 0.05) is 38.5 Å². The molecule has 0 aromatic carbocycles. The largest absolute Gasteiger partial charge is 0.376 e. The molecule has 0 bridgehead atoms. The maximum absolute atomic E-state index is 13.0. The van der Waals surface area contributed by atoms with Gasteiger partial charge in [0.2, 0.25) is 15.0 Å². The molecule has 1 saturated heterocycles. The molecule has 2 aromatic rings. The van der Waals surface area contributed by atoms with E-state index in [9.17, 15) is 8.42 Å². The molecule has 0 N–H and O–H groups in total. The first-order valence-electron chi connectivity index (χ1n) is 10.5. The van der Waals surface area contributed by atoms with Crippen LogP contribution in [0.25, 0.3) is 0 Å². The van der Waals surface area contributed by atoms with E-state index in [-0.39, 0.29) is 17.0 Å². The highest BCUT2D eigenvalue weighted by Crippen LogP contribution is 2.32. The monoisotopic (exact) mass is 421 g/mol. The number of imidazole rings is 1. The fourth-order valence-corrected chi connectivity index (χ4v) is 5.79. The zero-order chi connectivity index (χ0) is 20.4. The van der Waals surface area contributed by atoms with E-state index in [1.54, 1.807) is 10.9 Å². The lowest BCUT2D eigenvalue weighted by Gasteiger charge is -2.22. The van der Waals surface area contributed by atoms with Gasteiger partial charge in [-0.2, -0.15) is 5.10 Å². The Morgan fingerprint density at radius 1 is 1.24 bits per heavy atom. The highest BCUT2D eigenvalue weighted by molar-refractivity contribution is 7.91. The second-order valence-corrected chi connectivity index (χ2v) is 10.3. The van der Waals surface area contributed by atoms with E-state index in [1.165, 1.54) is 0 Å². The summed E-state index contributed by atoms with van der Waals surface area (Å²) >= 11 is 0. The number of sulfone groups is 1. The third-order valence-electron chi connectivity index (χ3n) is 5.74. The van der Waals surface area contributed by atoms with Crippen LogP contribution in [-0.4, -0.2) is 57.7 Å². The van der Waals surface area contributed by atoms with E-state index >= 15 is 0 Å². The molecule has 1 unspecified atom stereocenters. The standard InChI is InChI=1S/C20H31N5O3S/c1-3-24(12-17-9-22-23(2)11-17)13-18-10-21-20(29(26,27)15-16-6-7-16)25(18)14-19-5-4-8-28-19/h9-11,16,19H,3-8,12-15H2,1-2H3. The van der Waals surface area contributed by atoms with E-state index < -0.39 is 9.84 Å². The minimum absolute atomic E-state index is 0.0613. The molecule has 1 aliphatic heterocycles. The van der Waals surface area contributed by atoms with Crippen molar-refractivity contribution in [2.75, 3.05) is 18.9 Å². The van der Waals surface area contributed by atoms with Crippen LogP contribution in [0.3, 0.4) is 0 Å². The third-order valence-corrected chi connectivity index (χ3v) is 7.53. The van der Waals surface area contributed by atoms with Crippen LogP contribution in [0, 0.1) is 5.92 Å². The summed E-state index contributed by atoms with van der Waals surface area (Å²) in [5.74, 6) is 0.511. The van der Waals surface area contributed by atoms with Gasteiger partial charge in [-0.25, -0.2) is 13.4 Å². The SMILES string of the molecule is CCN(Cc1cnn(C)c1)Cc1cnc(S(=O)(=O)CC2CC2)n1CC1CCCO1. The van der Waals surface area contributed by atoms with Crippen LogP contribution in [0.15, 0.2) is 23.7 Å². The molecule has 1 saturated carbocycles. The Bertz CT molecular complexity index is 926. The molecule has 1 aliphatic carbocycles. The summed E-state index contributed by atoms with van der Waals surface area (Å²) in [4.78, 5) is 6.66. The summed E-state index contributed by atoms with van der Waals surface area (Å²) in [6.45, 7) is 5.68. The van der Waals surface area contributed by atoms with Crippen LogP contribution >= 0.6 is 0 Å². The number of aromatic nitrogens is 4. The smallest absolute Gasteiger partial charge is 0.227 e. The number of hydrogen-bond acceptors (Lipinski definition) is 6. The van der Waals surface area contributed by atoms with Crippen LogP contribution in [-0.2, 0) is 41.3 Å². The topological polar surface area (TPSA) is 82.3 Å². The van der Waals surface area contributed by atoms with Crippen molar-refractivity contribution < 1.29 is 13.2 Å². The van der Waals surface area contributed by atoms with Crippen molar-refractivity contribution in [2.45, 2.75) is 63.5 Å². The summed E-state index contributed by atoms with van der Waals surface area (Å²) in [5, 5.41) is 4.46. The molecule has 0 radical (unpaired) electrons. The normalized spacial score (nSPS) is 20.0. The summed E-state index contributed by atoms with van der Waals surface area (Å²) in [5.41, 5.74) is 2.07. The Morgan fingerprint density at radius 2 is 2.07 bits per heavy atom.